The second kappa shape index (κ2) is 9.18. The van der Waals surface area contributed by atoms with Crippen LogP contribution < -0.4 is 0 Å². The quantitative estimate of drug-likeness (QED) is 0.352. The number of fused-ring (bicyclic) bond motifs is 5. The Morgan fingerprint density at radius 3 is 2.29 bits per heavy atom. The Hall–Kier alpha value is -0.380. The van der Waals surface area contributed by atoms with Crippen LogP contribution in [0.3, 0.4) is 0 Å². The van der Waals surface area contributed by atoms with Gasteiger partial charge in [-0.3, -0.25) is 0 Å². The van der Waals surface area contributed by atoms with Gasteiger partial charge in [0.05, 0.1) is 17.8 Å². The largest absolute Gasteiger partial charge is 0.392 e. The molecule has 9 atom stereocenters. The van der Waals surface area contributed by atoms with E-state index in [0.29, 0.717) is 29.1 Å². The van der Waals surface area contributed by atoms with Crippen LogP contribution in [0.2, 0.25) is 0 Å². The molecule has 0 spiro atoms. The lowest BCUT2D eigenvalue weighted by atomic mass is 9.43. The molecule has 0 amide bonds. The normalized spacial score (nSPS) is 44.6. The lowest BCUT2D eigenvalue weighted by molar-refractivity contribution is -0.111. The SMILES string of the molecule is CCC(O)(CC)CCC[C@@H](C)[C@H]1CC[C@H]2[C@@H]3[C@@H](O)C=C4C(C)(C)[C@@H](O)CC[C@]4(C)[C@H]3CC[C@]12C. The molecule has 196 valence electrons. The van der Waals surface area contributed by atoms with Gasteiger partial charge in [-0.2, -0.15) is 0 Å². The fourth-order valence-corrected chi connectivity index (χ4v) is 9.87. The monoisotopic (exact) mass is 474 g/mol. The maximum Gasteiger partial charge on any atom is 0.0757 e. The first kappa shape index (κ1) is 26.7. The highest BCUT2D eigenvalue weighted by molar-refractivity contribution is 5.33. The third-order valence-electron chi connectivity index (χ3n) is 12.3. The van der Waals surface area contributed by atoms with Gasteiger partial charge in [-0.15, -0.1) is 0 Å². The summed E-state index contributed by atoms with van der Waals surface area (Å²) in [6.07, 6.45) is 13.4. The van der Waals surface area contributed by atoms with Crippen LogP contribution in [-0.2, 0) is 0 Å². The average molecular weight is 475 g/mol. The van der Waals surface area contributed by atoms with Crippen LogP contribution in [0, 0.1) is 45.8 Å². The fourth-order valence-electron chi connectivity index (χ4n) is 9.87. The Labute approximate surface area is 209 Å². The number of rotatable bonds is 7. The highest BCUT2D eigenvalue weighted by Gasteiger charge is 2.63. The minimum Gasteiger partial charge on any atom is -0.392 e. The van der Waals surface area contributed by atoms with Crippen LogP contribution in [0.15, 0.2) is 11.6 Å². The maximum absolute atomic E-state index is 11.6. The van der Waals surface area contributed by atoms with Crippen LogP contribution in [0.1, 0.15) is 119 Å². The zero-order valence-electron chi connectivity index (χ0n) is 23.2. The summed E-state index contributed by atoms with van der Waals surface area (Å²) in [6.45, 7) is 16.1. The molecule has 0 aromatic carbocycles. The van der Waals surface area contributed by atoms with Crippen molar-refractivity contribution in [2.45, 2.75) is 137 Å². The van der Waals surface area contributed by atoms with Crippen molar-refractivity contribution in [2.75, 3.05) is 0 Å². The van der Waals surface area contributed by atoms with Crippen molar-refractivity contribution in [1.29, 1.82) is 0 Å². The number of hydrogen-bond donors (Lipinski definition) is 3. The molecule has 0 aliphatic heterocycles. The molecule has 3 fully saturated rings. The Morgan fingerprint density at radius 1 is 0.971 bits per heavy atom. The van der Waals surface area contributed by atoms with Gasteiger partial charge in [0.2, 0.25) is 0 Å². The first-order valence-corrected chi connectivity index (χ1v) is 14.7. The van der Waals surface area contributed by atoms with E-state index in [1.807, 2.05) is 0 Å². The van der Waals surface area contributed by atoms with Gasteiger partial charge in [0, 0.05) is 5.41 Å². The third-order valence-corrected chi connectivity index (χ3v) is 12.3. The van der Waals surface area contributed by atoms with E-state index < -0.39 is 5.60 Å². The molecule has 0 heterocycles. The van der Waals surface area contributed by atoms with Crippen molar-refractivity contribution in [2.24, 2.45) is 45.8 Å². The number of hydrogen-bond acceptors (Lipinski definition) is 3. The highest BCUT2D eigenvalue weighted by atomic mass is 16.3. The van der Waals surface area contributed by atoms with Crippen LogP contribution in [0.4, 0.5) is 0 Å². The zero-order chi connectivity index (χ0) is 25.1. The molecule has 4 rings (SSSR count). The summed E-state index contributed by atoms with van der Waals surface area (Å²) in [5.41, 5.74) is 1.04. The summed E-state index contributed by atoms with van der Waals surface area (Å²) < 4.78 is 0. The van der Waals surface area contributed by atoms with Crippen molar-refractivity contribution in [3.8, 4) is 0 Å². The van der Waals surface area contributed by atoms with E-state index in [1.165, 1.54) is 37.7 Å². The molecule has 0 unspecified atom stereocenters. The number of aliphatic hydroxyl groups excluding tert-OH is 2. The molecule has 3 heteroatoms. The average Bonchev–Trinajstić information content (AvgIpc) is 3.15. The Kier molecular flexibility index (Phi) is 7.20. The lowest BCUT2D eigenvalue weighted by Gasteiger charge is -2.62. The summed E-state index contributed by atoms with van der Waals surface area (Å²) in [5.74, 6) is 2.90. The zero-order valence-corrected chi connectivity index (χ0v) is 23.2. The fraction of sp³-hybridized carbons (Fsp3) is 0.935. The van der Waals surface area contributed by atoms with E-state index in [9.17, 15) is 15.3 Å². The predicted molar refractivity (Wildman–Crippen MR) is 140 cm³/mol. The van der Waals surface area contributed by atoms with Crippen molar-refractivity contribution < 1.29 is 15.3 Å². The topological polar surface area (TPSA) is 60.7 Å². The Bertz CT molecular complexity index is 767. The molecular weight excluding hydrogens is 420 g/mol. The summed E-state index contributed by atoms with van der Waals surface area (Å²) in [5, 5.41) is 33.1. The Balaban J connectivity index is 1.52. The third kappa shape index (κ3) is 4.04. The van der Waals surface area contributed by atoms with E-state index in [-0.39, 0.29) is 23.0 Å². The van der Waals surface area contributed by atoms with Crippen LogP contribution in [-0.4, -0.2) is 33.1 Å². The smallest absolute Gasteiger partial charge is 0.0757 e. The molecular formula is C31H54O3. The summed E-state index contributed by atoms with van der Waals surface area (Å²) in [7, 11) is 0. The van der Waals surface area contributed by atoms with E-state index in [4.69, 9.17) is 0 Å². The molecule has 3 N–H and O–H groups in total. The maximum atomic E-state index is 11.6. The first-order valence-electron chi connectivity index (χ1n) is 14.7. The van der Waals surface area contributed by atoms with Gasteiger partial charge in [0.1, 0.15) is 0 Å². The van der Waals surface area contributed by atoms with Gasteiger partial charge < -0.3 is 15.3 Å². The van der Waals surface area contributed by atoms with Gasteiger partial charge in [0.25, 0.3) is 0 Å². The first-order chi connectivity index (χ1) is 15.8. The second-order valence-corrected chi connectivity index (χ2v) is 14.1. The molecule has 4 aliphatic rings. The van der Waals surface area contributed by atoms with Gasteiger partial charge >= 0.3 is 0 Å². The van der Waals surface area contributed by atoms with E-state index in [1.54, 1.807) is 0 Å². The van der Waals surface area contributed by atoms with E-state index in [0.717, 1.165) is 44.4 Å². The molecule has 4 aliphatic carbocycles. The standard InChI is InChI=1S/C31H54O3/c1-8-31(34,9-2)16-10-11-20(3)21-12-13-22-27-23(14-17-29(21,22)6)30(7)18-15-26(33)28(4,5)25(30)19-24(27)32/h19-24,26-27,32-34H,8-18H2,1-7H3/t20-,21-,22+,23+,24+,26+,27+,29-,30-/m1/s1. The van der Waals surface area contributed by atoms with Gasteiger partial charge in [-0.1, -0.05) is 73.0 Å². The van der Waals surface area contributed by atoms with Gasteiger partial charge in [-0.05, 0) is 98.2 Å². The van der Waals surface area contributed by atoms with Crippen molar-refractivity contribution in [3.63, 3.8) is 0 Å². The molecule has 34 heavy (non-hydrogen) atoms. The molecule has 0 bridgehead atoms. The summed E-state index contributed by atoms with van der Waals surface area (Å²) >= 11 is 0. The van der Waals surface area contributed by atoms with Crippen LogP contribution >= 0.6 is 0 Å². The lowest BCUT2D eigenvalue weighted by Crippen LogP contribution is -2.58. The predicted octanol–water partition coefficient (Wildman–Crippen LogP) is 6.89. The van der Waals surface area contributed by atoms with E-state index in [2.05, 4.69) is 54.5 Å². The highest BCUT2D eigenvalue weighted by Crippen LogP contribution is 2.69. The second-order valence-electron chi connectivity index (χ2n) is 14.1. The van der Waals surface area contributed by atoms with Crippen LogP contribution in [0.25, 0.3) is 0 Å². The minimum absolute atomic E-state index is 0.114. The van der Waals surface area contributed by atoms with Gasteiger partial charge in [-0.25, -0.2) is 0 Å². The Morgan fingerprint density at radius 2 is 1.65 bits per heavy atom. The number of aliphatic hydroxyl groups is 3. The molecule has 0 aromatic heterocycles. The molecule has 3 nitrogen and oxygen atoms in total. The van der Waals surface area contributed by atoms with Crippen molar-refractivity contribution in [3.05, 3.63) is 11.6 Å². The molecule has 0 saturated heterocycles. The summed E-state index contributed by atoms with van der Waals surface area (Å²) in [4.78, 5) is 0. The van der Waals surface area contributed by atoms with Crippen molar-refractivity contribution >= 4 is 0 Å². The molecule has 3 saturated carbocycles. The van der Waals surface area contributed by atoms with Gasteiger partial charge in [0.15, 0.2) is 0 Å². The van der Waals surface area contributed by atoms with Crippen LogP contribution in [0.5, 0.6) is 0 Å². The minimum atomic E-state index is -0.479. The van der Waals surface area contributed by atoms with Crippen molar-refractivity contribution in [1.82, 2.24) is 0 Å². The molecule has 0 radical (unpaired) electrons. The van der Waals surface area contributed by atoms with E-state index >= 15 is 0 Å². The summed E-state index contributed by atoms with van der Waals surface area (Å²) in [6, 6.07) is 0. The molecule has 0 aromatic rings.